The number of rotatable bonds is 5. The average Bonchev–Trinajstić information content (AvgIpc) is 2.17. The van der Waals surface area contributed by atoms with Crippen LogP contribution in [-0.4, -0.2) is 22.6 Å². The van der Waals surface area contributed by atoms with E-state index in [1.165, 1.54) is 19.1 Å². The molecule has 5 nitrogen and oxygen atoms in total. The van der Waals surface area contributed by atoms with Gasteiger partial charge in [0.05, 0.1) is 6.61 Å². The molecule has 0 aliphatic carbocycles. The van der Waals surface area contributed by atoms with Crippen LogP contribution in [0.25, 0.3) is 0 Å². The zero-order valence-corrected chi connectivity index (χ0v) is 9.63. The average molecular weight is 244 g/mol. The standard InChI is InChI=1S/C10H13O5P/c1-2-15-16(13,14)9(10(11)12)8-6-4-3-5-7-8/h3-7,9H,2H2,1H3,(H,11,12)(H,13,14). The number of benzene rings is 1. The van der Waals surface area contributed by atoms with Crippen LogP contribution in [0.3, 0.4) is 0 Å². The first-order chi connectivity index (χ1) is 7.49. The summed E-state index contributed by atoms with van der Waals surface area (Å²) in [5.41, 5.74) is -1.28. The van der Waals surface area contributed by atoms with Crippen molar-refractivity contribution in [1.82, 2.24) is 0 Å². The number of aliphatic carboxylic acids is 1. The SMILES string of the molecule is CCOP(=O)(O)C(C(=O)O)c1ccccc1. The van der Waals surface area contributed by atoms with Gasteiger partial charge in [-0.3, -0.25) is 9.36 Å². The second-order valence-electron chi connectivity index (χ2n) is 3.13. The fourth-order valence-electron chi connectivity index (χ4n) is 1.37. The van der Waals surface area contributed by atoms with Crippen LogP contribution in [-0.2, 0) is 13.9 Å². The van der Waals surface area contributed by atoms with Crippen LogP contribution in [0.15, 0.2) is 30.3 Å². The van der Waals surface area contributed by atoms with Gasteiger partial charge in [0.1, 0.15) is 0 Å². The summed E-state index contributed by atoms with van der Waals surface area (Å²) in [5, 5.41) is 8.98. The Kier molecular flexibility index (Phi) is 4.24. The monoisotopic (exact) mass is 244 g/mol. The van der Waals surface area contributed by atoms with Gasteiger partial charge >= 0.3 is 13.6 Å². The van der Waals surface area contributed by atoms with Crippen molar-refractivity contribution < 1.29 is 23.9 Å². The zero-order valence-electron chi connectivity index (χ0n) is 8.74. The molecule has 16 heavy (non-hydrogen) atoms. The van der Waals surface area contributed by atoms with E-state index in [-0.39, 0.29) is 12.2 Å². The number of carbonyl (C=O) groups is 1. The Morgan fingerprint density at radius 2 is 2.00 bits per heavy atom. The Bertz CT molecular complexity index is 403. The van der Waals surface area contributed by atoms with Gasteiger partial charge < -0.3 is 14.5 Å². The van der Waals surface area contributed by atoms with Gasteiger partial charge in [0.2, 0.25) is 0 Å². The zero-order chi connectivity index (χ0) is 12.2. The summed E-state index contributed by atoms with van der Waals surface area (Å²) in [6, 6.07) is 7.89. The maximum atomic E-state index is 11.7. The van der Waals surface area contributed by atoms with E-state index < -0.39 is 19.2 Å². The van der Waals surface area contributed by atoms with Gasteiger partial charge in [-0.2, -0.15) is 0 Å². The van der Waals surface area contributed by atoms with Crippen LogP contribution < -0.4 is 0 Å². The summed E-state index contributed by atoms with van der Waals surface area (Å²) in [4.78, 5) is 20.6. The molecule has 0 heterocycles. The highest BCUT2D eigenvalue weighted by Crippen LogP contribution is 2.56. The quantitative estimate of drug-likeness (QED) is 0.774. The van der Waals surface area contributed by atoms with Crippen LogP contribution in [0.5, 0.6) is 0 Å². The molecule has 0 saturated heterocycles. The molecule has 0 spiro atoms. The predicted octanol–water partition coefficient (Wildman–Crippen LogP) is 2.03. The van der Waals surface area contributed by atoms with Gasteiger partial charge in [-0.25, -0.2) is 0 Å². The second-order valence-corrected chi connectivity index (χ2v) is 5.04. The predicted molar refractivity (Wildman–Crippen MR) is 58.3 cm³/mol. The van der Waals surface area contributed by atoms with E-state index in [1.807, 2.05) is 0 Å². The minimum absolute atomic E-state index is 0.00953. The Morgan fingerprint density at radius 1 is 1.44 bits per heavy atom. The van der Waals surface area contributed by atoms with Crippen molar-refractivity contribution >= 4 is 13.6 Å². The van der Waals surface area contributed by atoms with Crippen LogP contribution in [0.1, 0.15) is 18.1 Å². The van der Waals surface area contributed by atoms with Gasteiger partial charge in [0.25, 0.3) is 0 Å². The van der Waals surface area contributed by atoms with E-state index in [4.69, 9.17) is 5.11 Å². The number of carboxylic acids is 1. The van der Waals surface area contributed by atoms with Crippen molar-refractivity contribution in [1.29, 1.82) is 0 Å². The molecule has 0 radical (unpaired) electrons. The Morgan fingerprint density at radius 3 is 2.44 bits per heavy atom. The number of hydrogen-bond acceptors (Lipinski definition) is 3. The molecule has 0 amide bonds. The fourth-order valence-corrected chi connectivity index (χ4v) is 2.71. The maximum Gasteiger partial charge on any atom is 0.346 e. The highest BCUT2D eigenvalue weighted by molar-refractivity contribution is 7.54. The largest absolute Gasteiger partial charge is 0.480 e. The molecule has 0 aliphatic rings. The van der Waals surface area contributed by atoms with Gasteiger partial charge in [-0.15, -0.1) is 0 Å². The fraction of sp³-hybridized carbons (Fsp3) is 0.300. The summed E-state index contributed by atoms with van der Waals surface area (Å²) in [5.74, 6) is -1.37. The van der Waals surface area contributed by atoms with E-state index >= 15 is 0 Å². The molecule has 2 N–H and O–H groups in total. The lowest BCUT2D eigenvalue weighted by molar-refractivity contribution is -0.137. The van der Waals surface area contributed by atoms with Gasteiger partial charge in [0, 0.05) is 0 Å². The molecule has 6 heteroatoms. The van der Waals surface area contributed by atoms with Crippen LogP contribution in [0.2, 0.25) is 0 Å². The molecule has 1 aromatic carbocycles. The maximum absolute atomic E-state index is 11.7. The molecule has 0 fully saturated rings. The number of hydrogen-bond donors (Lipinski definition) is 2. The van der Waals surface area contributed by atoms with Crippen LogP contribution >= 0.6 is 7.60 Å². The number of carboxylic acid groups (broad SMARTS) is 1. The third-order valence-electron chi connectivity index (χ3n) is 1.99. The van der Waals surface area contributed by atoms with Crippen molar-refractivity contribution in [2.24, 2.45) is 0 Å². The first-order valence-electron chi connectivity index (χ1n) is 4.73. The highest BCUT2D eigenvalue weighted by atomic mass is 31.2. The summed E-state index contributed by atoms with van der Waals surface area (Å²) < 4.78 is 16.3. The Hall–Kier alpha value is -1.16. The van der Waals surface area contributed by atoms with E-state index in [0.717, 1.165) is 0 Å². The Labute approximate surface area is 93.2 Å². The van der Waals surface area contributed by atoms with E-state index in [9.17, 15) is 14.3 Å². The van der Waals surface area contributed by atoms with Crippen molar-refractivity contribution in [2.45, 2.75) is 12.6 Å². The smallest absolute Gasteiger partial charge is 0.346 e. The first kappa shape index (κ1) is 12.9. The van der Waals surface area contributed by atoms with Gasteiger partial charge in [-0.05, 0) is 12.5 Å². The molecule has 88 valence electrons. The van der Waals surface area contributed by atoms with Crippen molar-refractivity contribution in [3.05, 3.63) is 35.9 Å². The summed E-state index contributed by atoms with van der Waals surface area (Å²) in [7, 11) is -4.18. The molecular weight excluding hydrogens is 231 g/mol. The Balaban J connectivity index is 3.11. The van der Waals surface area contributed by atoms with Crippen LogP contribution in [0, 0.1) is 0 Å². The summed E-state index contributed by atoms with van der Waals surface area (Å²) in [6.45, 7) is 1.52. The van der Waals surface area contributed by atoms with Crippen LogP contribution in [0.4, 0.5) is 0 Å². The van der Waals surface area contributed by atoms with Crippen molar-refractivity contribution in [3.8, 4) is 0 Å². The first-order valence-corrected chi connectivity index (χ1v) is 6.38. The molecule has 1 aromatic rings. The lowest BCUT2D eigenvalue weighted by Gasteiger charge is -2.18. The second kappa shape index (κ2) is 5.25. The van der Waals surface area contributed by atoms with E-state index in [1.54, 1.807) is 18.2 Å². The summed E-state index contributed by atoms with van der Waals surface area (Å²) >= 11 is 0. The molecular formula is C10H13O5P. The molecule has 2 atom stereocenters. The van der Waals surface area contributed by atoms with E-state index in [0.29, 0.717) is 0 Å². The topological polar surface area (TPSA) is 83.8 Å². The van der Waals surface area contributed by atoms with Crippen molar-refractivity contribution in [3.63, 3.8) is 0 Å². The molecule has 0 bridgehead atoms. The molecule has 1 rings (SSSR count). The minimum Gasteiger partial charge on any atom is -0.480 e. The highest BCUT2D eigenvalue weighted by Gasteiger charge is 2.39. The molecule has 0 aromatic heterocycles. The molecule has 0 saturated carbocycles. The molecule has 2 unspecified atom stereocenters. The lowest BCUT2D eigenvalue weighted by atomic mass is 10.1. The normalized spacial score (nSPS) is 16.4. The van der Waals surface area contributed by atoms with Gasteiger partial charge in [0.15, 0.2) is 5.66 Å². The third kappa shape index (κ3) is 2.92. The van der Waals surface area contributed by atoms with Crippen molar-refractivity contribution in [2.75, 3.05) is 6.61 Å². The summed E-state index contributed by atoms with van der Waals surface area (Å²) in [6.07, 6.45) is 0. The molecule has 0 aliphatic heterocycles. The van der Waals surface area contributed by atoms with Gasteiger partial charge in [-0.1, -0.05) is 30.3 Å². The van der Waals surface area contributed by atoms with E-state index in [2.05, 4.69) is 4.52 Å². The minimum atomic E-state index is -4.18. The lowest BCUT2D eigenvalue weighted by Crippen LogP contribution is -2.13. The third-order valence-corrected chi connectivity index (χ3v) is 3.79.